The van der Waals surface area contributed by atoms with Gasteiger partial charge in [-0.05, 0) is 68.0 Å². The van der Waals surface area contributed by atoms with Crippen molar-refractivity contribution in [2.75, 3.05) is 27.7 Å². The van der Waals surface area contributed by atoms with Crippen LogP contribution in [0.3, 0.4) is 0 Å². The number of rotatable bonds is 4. The molecule has 1 aromatic heterocycles. The van der Waals surface area contributed by atoms with Crippen LogP contribution in [0.1, 0.15) is 47.6 Å². The van der Waals surface area contributed by atoms with E-state index in [0.29, 0.717) is 12.0 Å². The molecule has 136 valence electrons. The minimum Gasteiger partial charge on any atom is -0.464 e. The standard InChI is InChI=1S/C23H28N2O/c1-5-22(24(2)3)17-6-8-20-19(13-17)14-25(4)15-21(20)16-7-9-23-18(12-16)10-11-26-23/h6-13,21-22H,5,14-15H2,1-4H3. The van der Waals surface area contributed by atoms with E-state index >= 15 is 0 Å². The molecule has 2 atom stereocenters. The molecule has 4 rings (SSSR count). The zero-order valence-electron chi connectivity index (χ0n) is 16.2. The van der Waals surface area contributed by atoms with Crippen LogP contribution in [-0.2, 0) is 6.54 Å². The molecule has 0 N–H and O–H groups in total. The van der Waals surface area contributed by atoms with E-state index in [0.717, 1.165) is 25.1 Å². The molecule has 3 nitrogen and oxygen atoms in total. The molecular weight excluding hydrogens is 320 g/mol. The molecular formula is C23H28N2O. The molecule has 1 aliphatic heterocycles. The lowest BCUT2D eigenvalue weighted by Crippen LogP contribution is -2.31. The Morgan fingerprint density at radius 1 is 1.15 bits per heavy atom. The van der Waals surface area contributed by atoms with Crippen LogP contribution in [0.15, 0.2) is 53.1 Å². The van der Waals surface area contributed by atoms with Gasteiger partial charge in [-0.15, -0.1) is 0 Å². The molecule has 0 spiro atoms. The van der Waals surface area contributed by atoms with E-state index in [-0.39, 0.29) is 0 Å². The average Bonchev–Trinajstić information content (AvgIpc) is 3.08. The second kappa shape index (κ2) is 6.90. The highest BCUT2D eigenvalue weighted by molar-refractivity contribution is 5.78. The summed E-state index contributed by atoms with van der Waals surface area (Å²) in [6.45, 7) is 4.34. The fourth-order valence-corrected chi connectivity index (χ4v) is 4.46. The first-order chi connectivity index (χ1) is 12.6. The van der Waals surface area contributed by atoms with Gasteiger partial charge in [-0.3, -0.25) is 0 Å². The van der Waals surface area contributed by atoms with Crippen molar-refractivity contribution in [3.63, 3.8) is 0 Å². The Morgan fingerprint density at radius 2 is 2.00 bits per heavy atom. The monoisotopic (exact) mass is 348 g/mol. The Morgan fingerprint density at radius 3 is 2.77 bits per heavy atom. The Balaban J connectivity index is 1.75. The van der Waals surface area contributed by atoms with Gasteiger partial charge < -0.3 is 14.2 Å². The summed E-state index contributed by atoms with van der Waals surface area (Å²) in [6.07, 6.45) is 2.90. The first-order valence-corrected chi connectivity index (χ1v) is 9.51. The van der Waals surface area contributed by atoms with Crippen LogP contribution in [0.25, 0.3) is 11.0 Å². The van der Waals surface area contributed by atoms with Crippen LogP contribution < -0.4 is 0 Å². The molecule has 2 unspecified atom stereocenters. The number of hydrogen-bond donors (Lipinski definition) is 0. The molecule has 3 heteroatoms. The molecule has 1 aliphatic rings. The molecule has 26 heavy (non-hydrogen) atoms. The predicted octanol–water partition coefficient (Wildman–Crippen LogP) is 5.02. The van der Waals surface area contributed by atoms with Crippen LogP contribution in [0.5, 0.6) is 0 Å². The van der Waals surface area contributed by atoms with Crippen LogP contribution in [0.2, 0.25) is 0 Å². The average molecular weight is 348 g/mol. The van der Waals surface area contributed by atoms with Crippen LogP contribution in [0, 0.1) is 0 Å². The SMILES string of the molecule is CCC(c1ccc2c(c1)CN(C)CC2c1ccc2occc2c1)N(C)C. The number of hydrogen-bond acceptors (Lipinski definition) is 3. The van der Waals surface area contributed by atoms with Crippen LogP contribution in [-0.4, -0.2) is 37.5 Å². The summed E-state index contributed by atoms with van der Waals surface area (Å²) in [7, 11) is 6.56. The van der Waals surface area contributed by atoms with E-state index in [2.05, 4.69) is 80.3 Å². The van der Waals surface area contributed by atoms with E-state index < -0.39 is 0 Å². The largest absolute Gasteiger partial charge is 0.464 e. The Labute approximate surface area is 156 Å². The fourth-order valence-electron chi connectivity index (χ4n) is 4.46. The molecule has 0 radical (unpaired) electrons. The molecule has 0 saturated heterocycles. The zero-order valence-corrected chi connectivity index (χ0v) is 16.2. The molecule has 0 aliphatic carbocycles. The molecule has 0 bridgehead atoms. The quantitative estimate of drug-likeness (QED) is 0.660. The van der Waals surface area contributed by atoms with Crippen molar-refractivity contribution in [2.24, 2.45) is 0 Å². The van der Waals surface area contributed by atoms with Gasteiger partial charge in [0.2, 0.25) is 0 Å². The van der Waals surface area contributed by atoms with Crippen LogP contribution >= 0.6 is 0 Å². The fraction of sp³-hybridized carbons (Fsp3) is 0.391. The summed E-state index contributed by atoms with van der Waals surface area (Å²) in [4.78, 5) is 4.76. The maximum Gasteiger partial charge on any atom is 0.133 e. The highest BCUT2D eigenvalue weighted by Gasteiger charge is 2.26. The lowest BCUT2D eigenvalue weighted by molar-refractivity contribution is 0.285. The lowest BCUT2D eigenvalue weighted by Gasteiger charge is -2.34. The van der Waals surface area contributed by atoms with Crippen molar-refractivity contribution in [3.8, 4) is 0 Å². The van der Waals surface area contributed by atoms with Gasteiger partial charge in [-0.1, -0.05) is 31.2 Å². The van der Waals surface area contributed by atoms with E-state index in [4.69, 9.17) is 4.42 Å². The Hall–Kier alpha value is -2.10. The molecule has 0 fully saturated rings. The third-order valence-corrected chi connectivity index (χ3v) is 5.75. The maximum atomic E-state index is 5.51. The van der Waals surface area contributed by atoms with Gasteiger partial charge >= 0.3 is 0 Å². The summed E-state index contributed by atoms with van der Waals surface area (Å²) < 4.78 is 5.51. The summed E-state index contributed by atoms with van der Waals surface area (Å²) in [6, 6.07) is 16.3. The first-order valence-electron chi connectivity index (χ1n) is 9.51. The van der Waals surface area contributed by atoms with Gasteiger partial charge in [0.15, 0.2) is 0 Å². The Kier molecular flexibility index (Phi) is 4.60. The number of benzene rings is 2. The van der Waals surface area contributed by atoms with Gasteiger partial charge in [-0.25, -0.2) is 0 Å². The number of furan rings is 1. The van der Waals surface area contributed by atoms with E-state index in [9.17, 15) is 0 Å². The van der Waals surface area contributed by atoms with Crippen LogP contribution in [0.4, 0.5) is 0 Å². The number of fused-ring (bicyclic) bond motifs is 2. The summed E-state index contributed by atoms with van der Waals surface area (Å²) >= 11 is 0. The van der Waals surface area contributed by atoms with Crippen molar-refractivity contribution >= 4 is 11.0 Å². The molecule has 3 aromatic rings. The smallest absolute Gasteiger partial charge is 0.133 e. The van der Waals surface area contributed by atoms with Crippen molar-refractivity contribution in [1.82, 2.24) is 9.80 Å². The van der Waals surface area contributed by atoms with Crippen molar-refractivity contribution in [1.29, 1.82) is 0 Å². The second-order valence-corrected chi connectivity index (χ2v) is 7.81. The van der Waals surface area contributed by atoms with Gasteiger partial charge in [0.25, 0.3) is 0 Å². The molecule has 2 heterocycles. The lowest BCUT2D eigenvalue weighted by atomic mass is 9.83. The van der Waals surface area contributed by atoms with Crippen molar-refractivity contribution < 1.29 is 4.42 Å². The summed E-state index contributed by atoms with van der Waals surface area (Å²) in [5, 5.41) is 1.19. The normalized spacial score (nSPS) is 19.0. The predicted molar refractivity (Wildman–Crippen MR) is 108 cm³/mol. The van der Waals surface area contributed by atoms with Gasteiger partial charge in [0.05, 0.1) is 6.26 Å². The van der Waals surface area contributed by atoms with Crippen molar-refractivity contribution in [3.05, 3.63) is 71.0 Å². The summed E-state index contributed by atoms with van der Waals surface area (Å²) in [5.41, 5.74) is 6.71. The summed E-state index contributed by atoms with van der Waals surface area (Å²) in [5.74, 6) is 0.413. The molecule has 0 saturated carbocycles. The maximum absolute atomic E-state index is 5.51. The van der Waals surface area contributed by atoms with Crippen molar-refractivity contribution in [2.45, 2.75) is 31.8 Å². The molecule has 2 aromatic carbocycles. The third-order valence-electron chi connectivity index (χ3n) is 5.75. The topological polar surface area (TPSA) is 19.6 Å². The highest BCUT2D eigenvalue weighted by Crippen LogP contribution is 2.36. The third kappa shape index (κ3) is 3.06. The minimum absolute atomic E-state index is 0.413. The molecule has 0 amide bonds. The highest BCUT2D eigenvalue weighted by atomic mass is 16.3. The van der Waals surface area contributed by atoms with Gasteiger partial charge in [0, 0.05) is 30.4 Å². The number of likely N-dealkylation sites (N-methyl/N-ethyl adjacent to an activating group) is 1. The van der Waals surface area contributed by atoms with Gasteiger partial charge in [-0.2, -0.15) is 0 Å². The minimum atomic E-state index is 0.413. The zero-order chi connectivity index (χ0) is 18.3. The van der Waals surface area contributed by atoms with E-state index in [1.54, 1.807) is 6.26 Å². The Bertz CT molecular complexity index is 911. The van der Waals surface area contributed by atoms with E-state index in [1.165, 1.54) is 27.6 Å². The van der Waals surface area contributed by atoms with E-state index in [1.807, 2.05) is 0 Å². The first kappa shape index (κ1) is 17.3. The second-order valence-electron chi connectivity index (χ2n) is 7.81. The number of nitrogens with zero attached hydrogens (tertiary/aromatic N) is 2. The van der Waals surface area contributed by atoms with Gasteiger partial charge in [0.1, 0.15) is 5.58 Å².